The highest BCUT2D eigenvalue weighted by Gasteiger charge is 2.25. The zero-order chi connectivity index (χ0) is 10.4. The van der Waals surface area contributed by atoms with Crippen molar-refractivity contribution in [2.45, 2.75) is 46.0 Å². The van der Waals surface area contributed by atoms with Crippen LogP contribution in [-0.2, 0) is 0 Å². The molecule has 1 fully saturated rings. The molecule has 0 bridgehead atoms. The van der Waals surface area contributed by atoms with Crippen LogP contribution in [0.4, 0.5) is 0 Å². The molecule has 84 valence electrons. The molecular weight excluding hydrogens is 172 g/mol. The minimum absolute atomic E-state index is 0.562. The van der Waals surface area contributed by atoms with Crippen LogP contribution in [0.3, 0.4) is 0 Å². The van der Waals surface area contributed by atoms with E-state index in [1.165, 1.54) is 38.6 Å². The number of rotatable bonds is 5. The quantitative estimate of drug-likeness (QED) is 0.710. The molecule has 1 aliphatic rings. The first-order valence-electron chi connectivity index (χ1n) is 6.07. The van der Waals surface area contributed by atoms with Crippen LogP contribution in [0.1, 0.15) is 46.0 Å². The Balaban J connectivity index is 2.15. The molecule has 1 saturated carbocycles. The number of nitrogens with one attached hydrogen (secondary N) is 1. The van der Waals surface area contributed by atoms with Crippen molar-refractivity contribution in [1.29, 1.82) is 0 Å². The van der Waals surface area contributed by atoms with Crippen LogP contribution in [0.2, 0.25) is 0 Å². The van der Waals surface area contributed by atoms with Crippen LogP contribution < -0.4 is 11.1 Å². The van der Waals surface area contributed by atoms with Gasteiger partial charge in [0.2, 0.25) is 0 Å². The van der Waals surface area contributed by atoms with E-state index in [9.17, 15) is 0 Å². The molecule has 0 aliphatic heterocycles. The van der Waals surface area contributed by atoms with Gasteiger partial charge in [0.05, 0.1) is 0 Å². The fourth-order valence-electron chi connectivity index (χ4n) is 2.29. The highest BCUT2D eigenvalue weighted by molar-refractivity contribution is 4.80. The summed E-state index contributed by atoms with van der Waals surface area (Å²) in [5.41, 5.74) is 6.15. The summed E-state index contributed by atoms with van der Waals surface area (Å²) in [4.78, 5) is 0. The second-order valence-corrected chi connectivity index (χ2v) is 5.34. The maximum Gasteiger partial charge on any atom is 0.000528 e. The molecule has 1 atom stereocenters. The van der Waals surface area contributed by atoms with E-state index in [0.29, 0.717) is 11.3 Å². The Labute approximate surface area is 88.6 Å². The molecule has 0 aromatic rings. The van der Waals surface area contributed by atoms with Crippen molar-refractivity contribution < 1.29 is 0 Å². The van der Waals surface area contributed by atoms with E-state index in [1.54, 1.807) is 0 Å². The van der Waals surface area contributed by atoms with E-state index in [-0.39, 0.29) is 0 Å². The Morgan fingerprint density at radius 1 is 1.29 bits per heavy atom. The average Bonchev–Trinajstić information content (AvgIpc) is 2.18. The summed E-state index contributed by atoms with van der Waals surface area (Å²) < 4.78 is 0. The van der Waals surface area contributed by atoms with Crippen LogP contribution in [0.25, 0.3) is 0 Å². The van der Waals surface area contributed by atoms with Crippen molar-refractivity contribution in [3.63, 3.8) is 0 Å². The van der Waals surface area contributed by atoms with Crippen LogP contribution >= 0.6 is 0 Å². The fourth-order valence-corrected chi connectivity index (χ4v) is 2.29. The maximum atomic E-state index is 5.58. The maximum absolute atomic E-state index is 5.58. The molecular formula is C12H26N2. The summed E-state index contributed by atoms with van der Waals surface area (Å²) in [7, 11) is 0. The van der Waals surface area contributed by atoms with E-state index in [0.717, 1.165) is 13.1 Å². The zero-order valence-electron chi connectivity index (χ0n) is 9.81. The van der Waals surface area contributed by atoms with E-state index >= 15 is 0 Å². The predicted octanol–water partition coefficient (Wildman–Crippen LogP) is 2.14. The lowest BCUT2D eigenvalue weighted by Crippen LogP contribution is -2.36. The molecule has 14 heavy (non-hydrogen) atoms. The minimum atomic E-state index is 0.562. The first-order valence-corrected chi connectivity index (χ1v) is 6.07. The molecule has 1 unspecified atom stereocenters. The highest BCUT2D eigenvalue weighted by atomic mass is 14.9. The van der Waals surface area contributed by atoms with Crippen molar-refractivity contribution in [3.05, 3.63) is 0 Å². The second-order valence-electron chi connectivity index (χ2n) is 5.34. The zero-order valence-corrected chi connectivity index (χ0v) is 9.81. The summed E-state index contributed by atoms with van der Waals surface area (Å²) in [6.07, 6.45) is 7.08. The molecule has 2 nitrogen and oxygen atoms in total. The number of nitrogens with two attached hydrogens (primary N) is 1. The molecule has 2 heteroatoms. The Morgan fingerprint density at radius 3 is 2.50 bits per heavy atom. The van der Waals surface area contributed by atoms with Gasteiger partial charge in [0, 0.05) is 6.54 Å². The lowest BCUT2D eigenvalue weighted by atomic mass is 9.76. The van der Waals surface area contributed by atoms with Gasteiger partial charge in [0.1, 0.15) is 0 Å². The van der Waals surface area contributed by atoms with Gasteiger partial charge in [-0.2, -0.15) is 0 Å². The van der Waals surface area contributed by atoms with Crippen molar-refractivity contribution in [2.24, 2.45) is 17.1 Å². The van der Waals surface area contributed by atoms with Gasteiger partial charge >= 0.3 is 0 Å². The second kappa shape index (κ2) is 5.72. The Bertz CT molecular complexity index is 150. The molecule has 3 N–H and O–H groups in total. The smallest absolute Gasteiger partial charge is 0.000528 e. The molecule has 0 aromatic heterocycles. The van der Waals surface area contributed by atoms with Gasteiger partial charge < -0.3 is 11.1 Å². The van der Waals surface area contributed by atoms with Crippen molar-refractivity contribution in [1.82, 2.24) is 5.32 Å². The molecule has 0 amide bonds. The van der Waals surface area contributed by atoms with E-state index < -0.39 is 0 Å². The van der Waals surface area contributed by atoms with Gasteiger partial charge in [-0.05, 0) is 37.3 Å². The summed E-state index contributed by atoms with van der Waals surface area (Å²) >= 11 is 0. The first kappa shape index (κ1) is 12.0. The largest absolute Gasteiger partial charge is 0.330 e. The lowest BCUT2D eigenvalue weighted by molar-refractivity contribution is 0.205. The summed E-state index contributed by atoms with van der Waals surface area (Å²) in [6, 6.07) is 0. The Kier molecular flexibility index (Phi) is 4.90. The van der Waals surface area contributed by atoms with E-state index in [2.05, 4.69) is 19.2 Å². The molecule has 0 aromatic carbocycles. The van der Waals surface area contributed by atoms with Crippen molar-refractivity contribution in [2.75, 3.05) is 19.6 Å². The summed E-state index contributed by atoms with van der Waals surface area (Å²) in [5, 5.41) is 3.57. The van der Waals surface area contributed by atoms with Crippen LogP contribution in [0.15, 0.2) is 0 Å². The topological polar surface area (TPSA) is 38.0 Å². The van der Waals surface area contributed by atoms with Crippen molar-refractivity contribution >= 4 is 0 Å². The van der Waals surface area contributed by atoms with Crippen LogP contribution in [-0.4, -0.2) is 19.6 Å². The predicted molar refractivity (Wildman–Crippen MR) is 62.3 cm³/mol. The summed E-state index contributed by atoms with van der Waals surface area (Å²) in [6.45, 7) is 7.68. The molecule has 0 saturated heterocycles. The fraction of sp³-hybridized carbons (Fsp3) is 1.00. The standard InChI is InChI=1S/C12H26N2/c1-11(8-13)9-14-10-12(2)6-4-3-5-7-12/h11,14H,3-10,13H2,1-2H3. The normalized spacial score (nSPS) is 23.4. The number of hydrogen-bond donors (Lipinski definition) is 2. The third-order valence-corrected chi connectivity index (χ3v) is 3.51. The van der Waals surface area contributed by atoms with E-state index in [4.69, 9.17) is 5.73 Å². The van der Waals surface area contributed by atoms with E-state index in [1.807, 2.05) is 0 Å². The third kappa shape index (κ3) is 3.97. The average molecular weight is 198 g/mol. The lowest BCUT2D eigenvalue weighted by Gasteiger charge is -2.34. The minimum Gasteiger partial charge on any atom is -0.330 e. The van der Waals surface area contributed by atoms with Crippen LogP contribution in [0, 0.1) is 11.3 Å². The number of hydrogen-bond acceptors (Lipinski definition) is 2. The van der Waals surface area contributed by atoms with Gasteiger partial charge in [-0.3, -0.25) is 0 Å². The van der Waals surface area contributed by atoms with Gasteiger partial charge in [-0.15, -0.1) is 0 Å². The molecule has 0 radical (unpaired) electrons. The van der Waals surface area contributed by atoms with Crippen LogP contribution in [0.5, 0.6) is 0 Å². The molecule has 1 rings (SSSR count). The Morgan fingerprint density at radius 2 is 1.93 bits per heavy atom. The molecule has 1 aliphatic carbocycles. The van der Waals surface area contributed by atoms with Gasteiger partial charge in [0.15, 0.2) is 0 Å². The molecule has 0 heterocycles. The monoisotopic (exact) mass is 198 g/mol. The third-order valence-electron chi connectivity index (χ3n) is 3.51. The Hall–Kier alpha value is -0.0800. The highest BCUT2D eigenvalue weighted by Crippen LogP contribution is 2.34. The van der Waals surface area contributed by atoms with Gasteiger partial charge in [-0.25, -0.2) is 0 Å². The first-order chi connectivity index (χ1) is 6.66. The van der Waals surface area contributed by atoms with Gasteiger partial charge in [0.25, 0.3) is 0 Å². The van der Waals surface area contributed by atoms with Gasteiger partial charge in [-0.1, -0.05) is 33.1 Å². The van der Waals surface area contributed by atoms with Crippen molar-refractivity contribution in [3.8, 4) is 0 Å². The SMILES string of the molecule is CC(CN)CNCC1(C)CCCCC1. The summed E-state index contributed by atoms with van der Waals surface area (Å²) in [5.74, 6) is 0.613. The molecule has 0 spiro atoms.